The number of rotatable bonds is 3. The molecule has 0 saturated carbocycles. The fourth-order valence-electron chi connectivity index (χ4n) is 4.75. The van der Waals surface area contributed by atoms with Crippen LogP contribution in [0, 0.1) is 6.92 Å². The summed E-state index contributed by atoms with van der Waals surface area (Å²) in [6.45, 7) is 4.95. The highest BCUT2D eigenvalue weighted by molar-refractivity contribution is 5.96. The summed E-state index contributed by atoms with van der Waals surface area (Å²) in [5, 5.41) is 8.30. The molecule has 154 valence electrons. The Morgan fingerprint density at radius 1 is 1.07 bits per heavy atom. The number of para-hydroxylation sites is 1. The molecule has 2 aliphatic heterocycles. The van der Waals surface area contributed by atoms with Gasteiger partial charge in [-0.1, -0.05) is 42.5 Å². The first-order chi connectivity index (χ1) is 14.6. The molecule has 0 bridgehead atoms. The minimum absolute atomic E-state index is 0.0969. The average molecular weight is 402 g/mol. The van der Waals surface area contributed by atoms with E-state index >= 15 is 0 Å². The monoisotopic (exact) mass is 402 g/mol. The quantitative estimate of drug-likeness (QED) is 0.666. The molecule has 0 N–H and O–H groups in total. The van der Waals surface area contributed by atoms with E-state index < -0.39 is 0 Å². The van der Waals surface area contributed by atoms with E-state index in [-0.39, 0.29) is 18.0 Å². The molecule has 1 amide bonds. The maximum Gasteiger partial charge on any atom is 0.241 e. The average Bonchev–Trinajstić information content (AvgIpc) is 3.19. The van der Waals surface area contributed by atoms with E-state index in [9.17, 15) is 4.79 Å². The minimum atomic E-state index is -0.0969. The summed E-state index contributed by atoms with van der Waals surface area (Å²) in [7, 11) is 0. The Hall–Kier alpha value is -2.99. The van der Waals surface area contributed by atoms with Gasteiger partial charge >= 0.3 is 0 Å². The van der Waals surface area contributed by atoms with Crippen LogP contribution >= 0.6 is 0 Å². The fraction of sp³-hybridized carbons (Fsp3) is 0.375. The highest BCUT2D eigenvalue weighted by Gasteiger charge is 2.35. The van der Waals surface area contributed by atoms with Crippen molar-refractivity contribution in [2.45, 2.75) is 51.7 Å². The lowest BCUT2D eigenvalue weighted by Gasteiger charge is -2.39. The second-order valence-electron chi connectivity index (χ2n) is 8.33. The lowest BCUT2D eigenvalue weighted by molar-refractivity contribution is -0.121. The highest BCUT2D eigenvalue weighted by Crippen LogP contribution is 2.34. The number of hydrogen-bond donors (Lipinski definition) is 0. The molecule has 5 rings (SSSR count). The number of aryl methyl sites for hydroxylation is 2. The second-order valence-corrected chi connectivity index (χ2v) is 8.33. The number of amides is 1. The van der Waals surface area contributed by atoms with E-state index in [1.54, 1.807) is 6.92 Å². The van der Waals surface area contributed by atoms with Crippen molar-refractivity contribution >= 4 is 11.6 Å². The van der Waals surface area contributed by atoms with Gasteiger partial charge in [-0.05, 0) is 48.9 Å². The third kappa shape index (κ3) is 3.41. The van der Waals surface area contributed by atoms with Crippen molar-refractivity contribution in [3.8, 4) is 0 Å². The van der Waals surface area contributed by atoms with E-state index in [1.165, 1.54) is 16.7 Å². The number of nitrogens with zero attached hydrogens (tertiary/aromatic N) is 4. The van der Waals surface area contributed by atoms with Crippen molar-refractivity contribution in [3.05, 3.63) is 77.0 Å². The molecule has 6 heteroatoms. The Morgan fingerprint density at radius 2 is 1.80 bits per heavy atom. The molecule has 3 heterocycles. The number of carbonyl (C=O) groups excluding carboxylic acids is 1. The minimum Gasteiger partial charge on any atom is -0.424 e. The van der Waals surface area contributed by atoms with Crippen LogP contribution in [-0.4, -0.2) is 33.6 Å². The molecule has 0 saturated heterocycles. The van der Waals surface area contributed by atoms with Gasteiger partial charge in [-0.25, -0.2) is 0 Å². The molecule has 2 unspecified atom stereocenters. The molecule has 30 heavy (non-hydrogen) atoms. The van der Waals surface area contributed by atoms with Gasteiger partial charge in [0.05, 0.1) is 12.6 Å². The number of aromatic nitrogens is 2. The third-order valence-electron chi connectivity index (χ3n) is 6.30. The first-order valence-corrected chi connectivity index (χ1v) is 10.6. The van der Waals surface area contributed by atoms with Gasteiger partial charge in [-0.3, -0.25) is 9.69 Å². The largest absolute Gasteiger partial charge is 0.424 e. The van der Waals surface area contributed by atoms with Crippen LogP contribution in [0.2, 0.25) is 0 Å². The molecule has 2 aliphatic rings. The van der Waals surface area contributed by atoms with Gasteiger partial charge in [0.2, 0.25) is 17.7 Å². The molecular formula is C24H26N4O2. The predicted molar refractivity (Wildman–Crippen MR) is 114 cm³/mol. The van der Waals surface area contributed by atoms with Gasteiger partial charge in [0, 0.05) is 25.2 Å². The topological polar surface area (TPSA) is 62.5 Å². The van der Waals surface area contributed by atoms with Crippen LogP contribution in [0.25, 0.3) is 0 Å². The van der Waals surface area contributed by atoms with E-state index in [0.717, 1.165) is 24.9 Å². The number of anilines is 1. The first-order valence-electron chi connectivity index (χ1n) is 10.6. The first kappa shape index (κ1) is 19.0. The molecule has 0 spiro atoms. The highest BCUT2D eigenvalue weighted by atomic mass is 16.4. The molecule has 0 aliphatic carbocycles. The van der Waals surface area contributed by atoms with Gasteiger partial charge in [0.25, 0.3) is 0 Å². The van der Waals surface area contributed by atoms with Gasteiger partial charge in [0.15, 0.2) is 0 Å². The van der Waals surface area contributed by atoms with Crippen molar-refractivity contribution in [1.82, 2.24) is 15.1 Å². The Labute approximate surface area is 176 Å². The van der Waals surface area contributed by atoms with Crippen LogP contribution < -0.4 is 4.90 Å². The maximum absolute atomic E-state index is 13.6. The summed E-state index contributed by atoms with van der Waals surface area (Å²) < 4.78 is 5.78. The van der Waals surface area contributed by atoms with Crippen LogP contribution in [0.5, 0.6) is 0 Å². The van der Waals surface area contributed by atoms with Crippen LogP contribution in [0.1, 0.15) is 47.9 Å². The summed E-state index contributed by atoms with van der Waals surface area (Å²) in [5.41, 5.74) is 4.82. The van der Waals surface area contributed by atoms with E-state index in [4.69, 9.17) is 4.42 Å². The smallest absolute Gasteiger partial charge is 0.241 e. The molecule has 0 radical (unpaired) electrons. The van der Waals surface area contributed by atoms with Crippen molar-refractivity contribution in [2.75, 3.05) is 11.4 Å². The molecule has 2 aromatic carbocycles. The molecule has 0 fully saturated rings. The number of benzene rings is 2. The summed E-state index contributed by atoms with van der Waals surface area (Å²) in [6.07, 6.45) is 2.76. The third-order valence-corrected chi connectivity index (χ3v) is 6.30. The van der Waals surface area contributed by atoms with E-state index in [2.05, 4.69) is 58.4 Å². The molecule has 3 aromatic rings. The van der Waals surface area contributed by atoms with E-state index in [0.29, 0.717) is 24.9 Å². The normalized spacial score (nSPS) is 21.2. The van der Waals surface area contributed by atoms with Crippen LogP contribution in [0.15, 0.2) is 52.9 Å². The number of fused-ring (bicyclic) bond motifs is 2. The van der Waals surface area contributed by atoms with Gasteiger partial charge < -0.3 is 9.32 Å². The van der Waals surface area contributed by atoms with Gasteiger partial charge in [-0.15, -0.1) is 10.2 Å². The van der Waals surface area contributed by atoms with Gasteiger partial charge in [-0.2, -0.15) is 0 Å². The summed E-state index contributed by atoms with van der Waals surface area (Å²) in [4.78, 5) is 17.7. The Kier molecular flexibility index (Phi) is 4.87. The van der Waals surface area contributed by atoms with Crippen molar-refractivity contribution in [2.24, 2.45) is 0 Å². The summed E-state index contributed by atoms with van der Waals surface area (Å²) in [6, 6.07) is 16.7. The Bertz CT molecular complexity index is 1080. The lowest BCUT2D eigenvalue weighted by atomic mass is 9.93. The number of hydrogen-bond acceptors (Lipinski definition) is 5. The Morgan fingerprint density at radius 3 is 2.57 bits per heavy atom. The standard InChI is InChI=1S/C24H26N4O2/c1-16-11-12-18-7-5-6-10-21(18)28(16)23(29)15-27-14-20-9-4-3-8-19(20)13-22(27)24-26-25-17(2)30-24/h3-10,16,22H,11-15H2,1-2H3. The zero-order chi connectivity index (χ0) is 20.7. The second kappa shape index (κ2) is 7.69. The lowest BCUT2D eigenvalue weighted by Crippen LogP contribution is -2.48. The molecule has 6 nitrogen and oxygen atoms in total. The summed E-state index contributed by atoms with van der Waals surface area (Å²) in [5.74, 6) is 1.26. The van der Waals surface area contributed by atoms with Crippen molar-refractivity contribution in [1.29, 1.82) is 0 Å². The van der Waals surface area contributed by atoms with Gasteiger partial charge in [0.1, 0.15) is 0 Å². The molecule has 2 atom stereocenters. The van der Waals surface area contributed by atoms with E-state index in [1.807, 2.05) is 17.0 Å². The predicted octanol–water partition coefficient (Wildman–Crippen LogP) is 3.85. The van der Waals surface area contributed by atoms with Crippen LogP contribution in [0.3, 0.4) is 0 Å². The number of carbonyl (C=O) groups is 1. The maximum atomic E-state index is 13.6. The van der Waals surface area contributed by atoms with Crippen molar-refractivity contribution < 1.29 is 9.21 Å². The fourth-order valence-corrected chi connectivity index (χ4v) is 4.75. The van der Waals surface area contributed by atoms with Crippen LogP contribution in [-0.2, 0) is 24.2 Å². The molecular weight excluding hydrogens is 376 g/mol. The molecule has 1 aromatic heterocycles. The zero-order valence-electron chi connectivity index (χ0n) is 17.4. The zero-order valence-corrected chi connectivity index (χ0v) is 17.4. The van der Waals surface area contributed by atoms with Crippen molar-refractivity contribution in [3.63, 3.8) is 0 Å². The summed E-state index contributed by atoms with van der Waals surface area (Å²) >= 11 is 0. The SMILES string of the molecule is Cc1nnc(C2Cc3ccccc3CN2CC(=O)N2c3ccccc3CCC2C)o1. The van der Waals surface area contributed by atoms with Crippen LogP contribution in [0.4, 0.5) is 5.69 Å². The Balaban J connectivity index is 1.45.